The smallest absolute Gasteiger partial charge is 0.147 e. The Morgan fingerprint density at radius 1 is 1.60 bits per heavy atom. The standard InChI is InChI=1S/C8H11NO/c9-5-4-8(10)6-7-2-1-3-7/h7H,1-4,6H2. The fourth-order valence-corrected chi connectivity index (χ4v) is 1.18. The number of nitriles is 1. The zero-order valence-corrected chi connectivity index (χ0v) is 5.97. The predicted molar refractivity (Wildman–Crippen MR) is 37.2 cm³/mol. The van der Waals surface area contributed by atoms with Gasteiger partial charge in [0.1, 0.15) is 5.78 Å². The number of carbonyl (C=O) groups excluding carboxylic acids is 1. The first kappa shape index (κ1) is 7.27. The summed E-state index contributed by atoms with van der Waals surface area (Å²) in [5, 5.41) is 8.17. The van der Waals surface area contributed by atoms with Gasteiger partial charge in [-0.2, -0.15) is 5.26 Å². The van der Waals surface area contributed by atoms with Crippen molar-refractivity contribution in [3.8, 4) is 6.07 Å². The molecule has 10 heavy (non-hydrogen) atoms. The number of hydrogen-bond donors (Lipinski definition) is 0. The van der Waals surface area contributed by atoms with E-state index < -0.39 is 0 Å². The van der Waals surface area contributed by atoms with E-state index in [2.05, 4.69) is 0 Å². The fraction of sp³-hybridized carbons (Fsp3) is 0.750. The van der Waals surface area contributed by atoms with E-state index in [9.17, 15) is 4.79 Å². The third-order valence-corrected chi connectivity index (χ3v) is 2.02. The van der Waals surface area contributed by atoms with E-state index >= 15 is 0 Å². The van der Waals surface area contributed by atoms with Crippen molar-refractivity contribution in [2.75, 3.05) is 0 Å². The van der Waals surface area contributed by atoms with Crippen LogP contribution in [0.3, 0.4) is 0 Å². The Hall–Kier alpha value is -0.840. The normalized spacial score (nSPS) is 17.5. The molecule has 0 spiro atoms. The molecule has 0 radical (unpaired) electrons. The van der Waals surface area contributed by atoms with Crippen LogP contribution in [0.4, 0.5) is 0 Å². The highest BCUT2D eigenvalue weighted by Gasteiger charge is 2.19. The van der Waals surface area contributed by atoms with Gasteiger partial charge >= 0.3 is 0 Å². The molecular weight excluding hydrogens is 126 g/mol. The molecule has 54 valence electrons. The summed E-state index contributed by atoms with van der Waals surface area (Å²) in [5.41, 5.74) is 0. The molecule has 2 nitrogen and oxygen atoms in total. The molecule has 0 aliphatic heterocycles. The SMILES string of the molecule is N#CCC(=O)CC1CCC1. The van der Waals surface area contributed by atoms with Crippen LogP contribution in [0, 0.1) is 17.2 Å². The van der Waals surface area contributed by atoms with Gasteiger partial charge in [-0.05, 0) is 5.92 Å². The van der Waals surface area contributed by atoms with Crippen LogP contribution < -0.4 is 0 Å². The number of ketones is 1. The summed E-state index contributed by atoms with van der Waals surface area (Å²) < 4.78 is 0. The van der Waals surface area contributed by atoms with Crippen molar-refractivity contribution in [2.24, 2.45) is 5.92 Å². The Balaban J connectivity index is 2.12. The summed E-state index contributed by atoms with van der Waals surface area (Å²) in [5.74, 6) is 0.730. The van der Waals surface area contributed by atoms with Gasteiger partial charge in [0.25, 0.3) is 0 Å². The molecule has 0 aromatic heterocycles. The van der Waals surface area contributed by atoms with E-state index in [1.807, 2.05) is 6.07 Å². The lowest BCUT2D eigenvalue weighted by Gasteiger charge is -2.23. The fourth-order valence-electron chi connectivity index (χ4n) is 1.18. The largest absolute Gasteiger partial charge is 0.299 e. The lowest BCUT2D eigenvalue weighted by atomic mass is 9.81. The van der Waals surface area contributed by atoms with Gasteiger partial charge in [0.2, 0.25) is 0 Å². The molecule has 0 aromatic rings. The molecule has 1 saturated carbocycles. The molecule has 0 heterocycles. The molecular formula is C8H11NO. The molecule has 0 unspecified atom stereocenters. The van der Waals surface area contributed by atoms with Crippen LogP contribution in [0.2, 0.25) is 0 Å². The van der Waals surface area contributed by atoms with Crippen molar-refractivity contribution in [3.63, 3.8) is 0 Å². The van der Waals surface area contributed by atoms with Crippen molar-refractivity contribution in [1.29, 1.82) is 5.26 Å². The summed E-state index contributed by atoms with van der Waals surface area (Å²) in [6.45, 7) is 0. The topological polar surface area (TPSA) is 40.9 Å². The van der Waals surface area contributed by atoms with Gasteiger partial charge in [-0.15, -0.1) is 0 Å². The van der Waals surface area contributed by atoms with E-state index in [1.165, 1.54) is 19.3 Å². The van der Waals surface area contributed by atoms with Crippen LogP contribution >= 0.6 is 0 Å². The molecule has 0 bridgehead atoms. The van der Waals surface area contributed by atoms with E-state index in [-0.39, 0.29) is 12.2 Å². The Labute approximate surface area is 60.8 Å². The van der Waals surface area contributed by atoms with Crippen molar-refractivity contribution in [1.82, 2.24) is 0 Å². The van der Waals surface area contributed by atoms with Gasteiger partial charge in [-0.1, -0.05) is 19.3 Å². The summed E-state index contributed by atoms with van der Waals surface area (Å²) >= 11 is 0. The third-order valence-electron chi connectivity index (χ3n) is 2.02. The second kappa shape index (κ2) is 3.36. The molecule has 0 atom stereocenters. The van der Waals surface area contributed by atoms with Crippen LogP contribution in [0.1, 0.15) is 32.1 Å². The Kier molecular flexibility index (Phi) is 2.44. The molecule has 1 rings (SSSR count). The zero-order valence-electron chi connectivity index (χ0n) is 5.97. The first-order chi connectivity index (χ1) is 4.83. The van der Waals surface area contributed by atoms with Gasteiger partial charge in [0, 0.05) is 6.42 Å². The first-order valence-electron chi connectivity index (χ1n) is 3.71. The summed E-state index contributed by atoms with van der Waals surface area (Å²) in [6.07, 6.45) is 4.41. The third kappa shape index (κ3) is 1.84. The van der Waals surface area contributed by atoms with Crippen molar-refractivity contribution in [2.45, 2.75) is 32.1 Å². The van der Waals surface area contributed by atoms with Crippen LogP contribution in [-0.4, -0.2) is 5.78 Å². The first-order valence-corrected chi connectivity index (χ1v) is 3.71. The van der Waals surface area contributed by atoms with Gasteiger partial charge in [0.15, 0.2) is 0 Å². The van der Waals surface area contributed by atoms with E-state index in [0.717, 1.165) is 0 Å². The maximum Gasteiger partial charge on any atom is 0.147 e. The second-order valence-electron chi connectivity index (χ2n) is 2.87. The highest BCUT2D eigenvalue weighted by molar-refractivity contribution is 5.80. The second-order valence-corrected chi connectivity index (χ2v) is 2.87. The Morgan fingerprint density at radius 2 is 2.30 bits per heavy atom. The van der Waals surface area contributed by atoms with Crippen molar-refractivity contribution in [3.05, 3.63) is 0 Å². The minimum Gasteiger partial charge on any atom is -0.299 e. The number of Topliss-reactive ketones (excluding diaryl/α,β-unsaturated/α-hetero) is 1. The molecule has 0 amide bonds. The lowest BCUT2D eigenvalue weighted by molar-refractivity contribution is -0.119. The maximum absolute atomic E-state index is 10.8. The highest BCUT2D eigenvalue weighted by Crippen LogP contribution is 2.29. The number of hydrogen-bond acceptors (Lipinski definition) is 2. The van der Waals surface area contributed by atoms with Gasteiger partial charge < -0.3 is 0 Å². The molecule has 0 N–H and O–H groups in total. The van der Waals surface area contributed by atoms with Gasteiger partial charge in [-0.3, -0.25) is 4.79 Å². The molecule has 1 aliphatic rings. The quantitative estimate of drug-likeness (QED) is 0.593. The zero-order chi connectivity index (χ0) is 7.40. The number of carbonyl (C=O) groups is 1. The van der Waals surface area contributed by atoms with Crippen LogP contribution in [0.25, 0.3) is 0 Å². The number of rotatable bonds is 3. The molecule has 0 saturated heterocycles. The minimum atomic E-state index is 0.108. The number of nitrogens with zero attached hydrogens (tertiary/aromatic N) is 1. The maximum atomic E-state index is 10.8. The van der Waals surface area contributed by atoms with Crippen molar-refractivity contribution >= 4 is 5.78 Å². The summed E-state index contributed by atoms with van der Waals surface area (Å²) in [6, 6.07) is 1.87. The molecule has 2 heteroatoms. The van der Waals surface area contributed by atoms with E-state index in [4.69, 9.17) is 5.26 Å². The predicted octanol–water partition coefficient (Wildman–Crippen LogP) is 1.66. The average molecular weight is 137 g/mol. The Bertz CT molecular complexity index is 165. The van der Waals surface area contributed by atoms with E-state index in [1.54, 1.807) is 0 Å². The molecule has 1 aliphatic carbocycles. The Morgan fingerprint density at radius 3 is 2.70 bits per heavy atom. The van der Waals surface area contributed by atoms with Gasteiger partial charge in [-0.25, -0.2) is 0 Å². The minimum absolute atomic E-state index is 0.108. The average Bonchev–Trinajstić information content (AvgIpc) is 1.80. The highest BCUT2D eigenvalue weighted by atomic mass is 16.1. The van der Waals surface area contributed by atoms with Crippen LogP contribution in [0.5, 0.6) is 0 Å². The summed E-state index contributed by atoms with van der Waals surface area (Å²) in [7, 11) is 0. The monoisotopic (exact) mass is 137 g/mol. The molecule has 1 fully saturated rings. The van der Waals surface area contributed by atoms with Gasteiger partial charge in [0.05, 0.1) is 12.5 Å². The van der Waals surface area contributed by atoms with Crippen LogP contribution in [0.15, 0.2) is 0 Å². The summed E-state index contributed by atoms with van der Waals surface area (Å²) in [4.78, 5) is 10.8. The van der Waals surface area contributed by atoms with E-state index in [0.29, 0.717) is 12.3 Å². The van der Waals surface area contributed by atoms with Crippen molar-refractivity contribution < 1.29 is 4.79 Å². The molecule has 0 aromatic carbocycles. The van der Waals surface area contributed by atoms with Crippen LogP contribution in [-0.2, 0) is 4.79 Å². The lowest BCUT2D eigenvalue weighted by Crippen LogP contribution is -2.15.